The van der Waals surface area contributed by atoms with Crippen LogP contribution in [-0.2, 0) is 9.53 Å². The number of aliphatic hydroxyl groups is 1. The van der Waals surface area contributed by atoms with E-state index in [2.05, 4.69) is 0 Å². The SMILES string of the molecule is CCC(C(=O)OC)C1(O)CCCC1(C)C. The Bertz CT molecular complexity index is 247. The first-order valence-corrected chi connectivity index (χ1v) is 5.69. The molecule has 0 saturated heterocycles. The molecule has 0 aromatic rings. The van der Waals surface area contributed by atoms with Gasteiger partial charge in [-0.25, -0.2) is 0 Å². The molecule has 1 aliphatic carbocycles. The van der Waals surface area contributed by atoms with Gasteiger partial charge in [0, 0.05) is 0 Å². The molecule has 2 atom stereocenters. The zero-order chi connectivity index (χ0) is 11.7. The van der Waals surface area contributed by atoms with E-state index in [-0.39, 0.29) is 17.3 Å². The molecule has 0 heterocycles. The van der Waals surface area contributed by atoms with Crippen molar-refractivity contribution in [2.75, 3.05) is 7.11 Å². The highest BCUT2D eigenvalue weighted by molar-refractivity contribution is 5.74. The van der Waals surface area contributed by atoms with Gasteiger partial charge in [-0.1, -0.05) is 20.8 Å². The van der Waals surface area contributed by atoms with Gasteiger partial charge in [-0.05, 0) is 31.1 Å². The molecule has 0 aliphatic heterocycles. The van der Waals surface area contributed by atoms with Gasteiger partial charge >= 0.3 is 5.97 Å². The van der Waals surface area contributed by atoms with Crippen LogP contribution in [-0.4, -0.2) is 23.8 Å². The molecule has 0 aromatic carbocycles. The van der Waals surface area contributed by atoms with Gasteiger partial charge in [-0.3, -0.25) is 4.79 Å². The first-order valence-electron chi connectivity index (χ1n) is 5.69. The highest BCUT2D eigenvalue weighted by Gasteiger charge is 2.54. The van der Waals surface area contributed by atoms with Crippen LogP contribution >= 0.6 is 0 Å². The lowest BCUT2D eigenvalue weighted by atomic mass is 9.69. The van der Waals surface area contributed by atoms with Gasteiger partial charge in [0.1, 0.15) is 0 Å². The summed E-state index contributed by atoms with van der Waals surface area (Å²) in [6.07, 6.45) is 3.29. The minimum Gasteiger partial charge on any atom is -0.469 e. The van der Waals surface area contributed by atoms with Crippen LogP contribution in [0.1, 0.15) is 46.5 Å². The van der Waals surface area contributed by atoms with Crippen LogP contribution < -0.4 is 0 Å². The third-order valence-electron chi connectivity index (χ3n) is 4.00. The normalized spacial score (nSPS) is 31.3. The largest absolute Gasteiger partial charge is 0.469 e. The molecule has 0 aromatic heterocycles. The molecule has 0 amide bonds. The molecule has 0 radical (unpaired) electrons. The van der Waals surface area contributed by atoms with Gasteiger partial charge in [-0.2, -0.15) is 0 Å². The summed E-state index contributed by atoms with van der Waals surface area (Å²) in [7, 11) is 1.39. The van der Waals surface area contributed by atoms with Gasteiger partial charge < -0.3 is 9.84 Å². The van der Waals surface area contributed by atoms with E-state index in [1.54, 1.807) is 0 Å². The predicted molar refractivity (Wildman–Crippen MR) is 58.4 cm³/mol. The second-order valence-electron chi connectivity index (χ2n) is 5.15. The number of ether oxygens (including phenoxy) is 1. The maximum atomic E-state index is 11.6. The van der Waals surface area contributed by atoms with Gasteiger partial charge in [0.15, 0.2) is 0 Å². The predicted octanol–water partition coefficient (Wildman–Crippen LogP) is 2.13. The molecular formula is C12H22O3. The van der Waals surface area contributed by atoms with Crippen LogP contribution in [0.25, 0.3) is 0 Å². The average molecular weight is 214 g/mol. The third kappa shape index (κ3) is 1.89. The Kier molecular flexibility index (Phi) is 3.44. The second-order valence-corrected chi connectivity index (χ2v) is 5.15. The number of rotatable bonds is 3. The van der Waals surface area contributed by atoms with Gasteiger partial charge in [0.05, 0.1) is 18.6 Å². The van der Waals surface area contributed by atoms with Crippen LogP contribution in [0, 0.1) is 11.3 Å². The van der Waals surface area contributed by atoms with E-state index in [0.29, 0.717) is 12.8 Å². The number of carbonyl (C=O) groups excluding carboxylic acids is 1. The Balaban J connectivity index is 2.96. The van der Waals surface area contributed by atoms with Crippen molar-refractivity contribution < 1.29 is 14.6 Å². The number of carbonyl (C=O) groups is 1. The Hall–Kier alpha value is -0.570. The van der Waals surface area contributed by atoms with Crippen molar-refractivity contribution in [2.45, 2.75) is 52.1 Å². The molecule has 1 fully saturated rings. The van der Waals surface area contributed by atoms with Gasteiger partial charge in [0.2, 0.25) is 0 Å². The van der Waals surface area contributed by atoms with E-state index in [9.17, 15) is 9.90 Å². The molecule has 1 saturated carbocycles. The van der Waals surface area contributed by atoms with Crippen molar-refractivity contribution in [1.82, 2.24) is 0 Å². The van der Waals surface area contributed by atoms with Crippen LogP contribution in [0.2, 0.25) is 0 Å². The average Bonchev–Trinajstić information content (AvgIpc) is 2.43. The van der Waals surface area contributed by atoms with Crippen LogP contribution in [0.3, 0.4) is 0 Å². The van der Waals surface area contributed by atoms with E-state index < -0.39 is 5.60 Å². The van der Waals surface area contributed by atoms with Crippen LogP contribution in [0.4, 0.5) is 0 Å². The monoisotopic (exact) mass is 214 g/mol. The maximum absolute atomic E-state index is 11.6. The molecule has 0 spiro atoms. The highest BCUT2D eigenvalue weighted by atomic mass is 16.5. The molecule has 0 bridgehead atoms. The maximum Gasteiger partial charge on any atom is 0.311 e. The number of methoxy groups -OCH3 is 1. The fraction of sp³-hybridized carbons (Fsp3) is 0.917. The summed E-state index contributed by atoms with van der Waals surface area (Å²) in [6, 6.07) is 0. The molecule has 1 N–H and O–H groups in total. The summed E-state index contributed by atoms with van der Waals surface area (Å²) < 4.78 is 4.78. The molecule has 1 rings (SSSR count). The van der Waals surface area contributed by atoms with Crippen molar-refractivity contribution in [2.24, 2.45) is 11.3 Å². The van der Waals surface area contributed by atoms with Crippen molar-refractivity contribution >= 4 is 5.97 Å². The lowest BCUT2D eigenvalue weighted by molar-refractivity contribution is -0.165. The first kappa shape index (κ1) is 12.5. The number of hydrogen-bond acceptors (Lipinski definition) is 3. The van der Waals surface area contributed by atoms with E-state index in [1.165, 1.54) is 7.11 Å². The minimum atomic E-state index is -0.894. The van der Waals surface area contributed by atoms with E-state index in [0.717, 1.165) is 12.8 Å². The lowest BCUT2D eigenvalue weighted by Gasteiger charge is -2.41. The quantitative estimate of drug-likeness (QED) is 0.732. The van der Waals surface area contributed by atoms with E-state index >= 15 is 0 Å². The molecule has 3 nitrogen and oxygen atoms in total. The smallest absolute Gasteiger partial charge is 0.311 e. The Morgan fingerprint density at radius 1 is 1.47 bits per heavy atom. The molecule has 3 heteroatoms. The van der Waals surface area contributed by atoms with E-state index in [1.807, 2.05) is 20.8 Å². The van der Waals surface area contributed by atoms with Gasteiger partial charge in [-0.15, -0.1) is 0 Å². The fourth-order valence-electron chi connectivity index (χ4n) is 2.84. The highest BCUT2D eigenvalue weighted by Crippen LogP contribution is 2.50. The molecular weight excluding hydrogens is 192 g/mol. The summed E-state index contributed by atoms with van der Waals surface area (Å²) in [6.45, 7) is 5.99. The Labute approximate surface area is 91.8 Å². The topological polar surface area (TPSA) is 46.5 Å². The van der Waals surface area contributed by atoms with Crippen molar-refractivity contribution in [1.29, 1.82) is 0 Å². The molecule has 1 aliphatic rings. The summed E-state index contributed by atoms with van der Waals surface area (Å²) in [5.74, 6) is -0.671. The summed E-state index contributed by atoms with van der Waals surface area (Å²) in [5.41, 5.74) is -1.09. The van der Waals surface area contributed by atoms with Crippen molar-refractivity contribution in [3.05, 3.63) is 0 Å². The zero-order valence-electron chi connectivity index (χ0n) is 10.2. The summed E-state index contributed by atoms with van der Waals surface area (Å²) >= 11 is 0. The van der Waals surface area contributed by atoms with Crippen LogP contribution in [0.5, 0.6) is 0 Å². The van der Waals surface area contributed by atoms with Crippen molar-refractivity contribution in [3.8, 4) is 0 Å². The molecule has 2 unspecified atom stereocenters. The fourth-order valence-corrected chi connectivity index (χ4v) is 2.84. The summed E-state index contributed by atoms with van der Waals surface area (Å²) in [4.78, 5) is 11.6. The van der Waals surface area contributed by atoms with Crippen molar-refractivity contribution in [3.63, 3.8) is 0 Å². The zero-order valence-corrected chi connectivity index (χ0v) is 10.2. The van der Waals surface area contributed by atoms with E-state index in [4.69, 9.17) is 4.74 Å². The number of hydrogen-bond donors (Lipinski definition) is 1. The third-order valence-corrected chi connectivity index (χ3v) is 4.00. The summed E-state index contributed by atoms with van der Waals surface area (Å²) in [5, 5.41) is 10.7. The second kappa shape index (κ2) is 4.12. The molecule has 88 valence electrons. The Morgan fingerprint density at radius 3 is 2.40 bits per heavy atom. The standard InChI is InChI=1S/C12H22O3/c1-5-9(10(13)15-4)12(14)8-6-7-11(12,2)3/h9,14H,5-8H2,1-4H3. The molecule has 15 heavy (non-hydrogen) atoms. The van der Waals surface area contributed by atoms with Crippen LogP contribution in [0.15, 0.2) is 0 Å². The number of esters is 1. The minimum absolute atomic E-state index is 0.193. The van der Waals surface area contributed by atoms with Gasteiger partial charge in [0.25, 0.3) is 0 Å². The lowest BCUT2D eigenvalue weighted by Crippen LogP contribution is -2.50. The Morgan fingerprint density at radius 2 is 2.07 bits per heavy atom. The first-order chi connectivity index (χ1) is 6.89.